The Balaban J connectivity index is 1.62. The predicted octanol–water partition coefficient (Wildman–Crippen LogP) is 2.39. The Bertz CT molecular complexity index is 878. The maximum absolute atomic E-state index is 12.8. The van der Waals surface area contributed by atoms with Crippen LogP contribution in [0.15, 0.2) is 55.0 Å². The SMILES string of the molecule is CN1CCN(C(=O)c2cccc(-c3ccc4nccn4c3)c2)CC1. The molecule has 0 spiro atoms. The van der Waals surface area contributed by atoms with Gasteiger partial charge in [0.15, 0.2) is 0 Å². The van der Waals surface area contributed by atoms with Gasteiger partial charge in [0.25, 0.3) is 5.91 Å². The summed E-state index contributed by atoms with van der Waals surface area (Å²) in [7, 11) is 2.09. The minimum atomic E-state index is 0.119. The lowest BCUT2D eigenvalue weighted by atomic mass is 10.0. The molecular formula is C19H20N4O. The van der Waals surface area contributed by atoms with Crippen LogP contribution in [0.5, 0.6) is 0 Å². The van der Waals surface area contributed by atoms with Gasteiger partial charge in [0.2, 0.25) is 0 Å². The van der Waals surface area contributed by atoms with Gasteiger partial charge in [-0.3, -0.25) is 4.79 Å². The maximum atomic E-state index is 12.8. The van der Waals surface area contributed by atoms with Crippen molar-refractivity contribution < 1.29 is 4.79 Å². The molecule has 1 fully saturated rings. The van der Waals surface area contributed by atoms with Crippen molar-refractivity contribution in [1.29, 1.82) is 0 Å². The number of imidazole rings is 1. The lowest BCUT2D eigenvalue weighted by Crippen LogP contribution is -2.47. The molecule has 4 rings (SSSR count). The van der Waals surface area contributed by atoms with E-state index in [1.165, 1.54) is 0 Å². The summed E-state index contributed by atoms with van der Waals surface area (Å²) in [5.41, 5.74) is 3.80. The van der Waals surface area contributed by atoms with Gasteiger partial charge in [-0.15, -0.1) is 0 Å². The molecule has 1 amide bonds. The van der Waals surface area contributed by atoms with E-state index in [4.69, 9.17) is 0 Å². The van der Waals surface area contributed by atoms with Crippen LogP contribution in [0.25, 0.3) is 16.8 Å². The molecule has 0 radical (unpaired) electrons. The number of likely N-dealkylation sites (N-methyl/N-ethyl adjacent to an activating group) is 1. The Labute approximate surface area is 141 Å². The van der Waals surface area contributed by atoms with Crippen LogP contribution in [-0.2, 0) is 0 Å². The zero-order valence-corrected chi connectivity index (χ0v) is 13.7. The van der Waals surface area contributed by atoms with Crippen LogP contribution in [0.1, 0.15) is 10.4 Å². The molecule has 1 aliphatic rings. The number of aromatic nitrogens is 2. The molecule has 24 heavy (non-hydrogen) atoms. The second-order valence-electron chi connectivity index (χ2n) is 6.29. The van der Waals surface area contributed by atoms with E-state index >= 15 is 0 Å². The zero-order valence-electron chi connectivity index (χ0n) is 13.7. The second-order valence-corrected chi connectivity index (χ2v) is 6.29. The van der Waals surface area contributed by atoms with Gasteiger partial charge in [-0.05, 0) is 42.4 Å². The number of nitrogens with zero attached hydrogens (tertiary/aromatic N) is 4. The van der Waals surface area contributed by atoms with E-state index < -0.39 is 0 Å². The second kappa shape index (κ2) is 6.09. The molecule has 0 bridgehead atoms. The maximum Gasteiger partial charge on any atom is 0.253 e. The van der Waals surface area contributed by atoms with Crippen molar-refractivity contribution >= 4 is 11.6 Å². The predicted molar refractivity (Wildman–Crippen MR) is 94.0 cm³/mol. The highest BCUT2D eigenvalue weighted by molar-refractivity contribution is 5.95. The summed E-state index contributed by atoms with van der Waals surface area (Å²) in [4.78, 5) is 21.2. The van der Waals surface area contributed by atoms with Gasteiger partial charge in [0.1, 0.15) is 5.65 Å². The number of carbonyl (C=O) groups is 1. The van der Waals surface area contributed by atoms with Crippen LogP contribution in [0.4, 0.5) is 0 Å². The summed E-state index contributed by atoms with van der Waals surface area (Å²) >= 11 is 0. The molecule has 0 atom stereocenters. The first-order chi connectivity index (χ1) is 11.7. The Hall–Kier alpha value is -2.66. The molecule has 1 saturated heterocycles. The van der Waals surface area contributed by atoms with E-state index in [0.717, 1.165) is 48.5 Å². The van der Waals surface area contributed by atoms with Gasteiger partial charge in [-0.1, -0.05) is 12.1 Å². The lowest BCUT2D eigenvalue weighted by Gasteiger charge is -2.32. The van der Waals surface area contributed by atoms with E-state index in [1.54, 1.807) is 6.20 Å². The molecule has 2 aromatic heterocycles. The van der Waals surface area contributed by atoms with Crippen LogP contribution in [0.2, 0.25) is 0 Å². The summed E-state index contributed by atoms with van der Waals surface area (Å²) in [5, 5.41) is 0. The van der Waals surface area contributed by atoms with Gasteiger partial charge in [-0.25, -0.2) is 4.98 Å². The molecule has 0 saturated carbocycles. The van der Waals surface area contributed by atoms with Crippen LogP contribution < -0.4 is 0 Å². The first kappa shape index (κ1) is 14.9. The first-order valence-corrected chi connectivity index (χ1v) is 8.22. The highest BCUT2D eigenvalue weighted by Crippen LogP contribution is 2.22. The average molecular weight is 320 g/mol. The van der Waals surface area contributed by atoms with Gasteiger partial charge in [0.05, 0.1) is 0 Å². The van der Waals surface area contributed by atoms with E-state index in [1.807, 2.05) is 58.1 Å². The number of carbonyl (C=O) groups excluding carboxylic acids is 1. The van der Waals surface area contributed by atoms with Crippen LogP contribution in [0, 0.1) is 0 Å². The minimum absolute atomic E-state index is 0.119. The van der Waals surface area contributed by atoms with Crippen molar-refractivity contribution in [2.75, 3.05) is 33.2 Å². The highest BCUT2D eigenvalue weighted by Gasteiger charge is 2.20. The summed E-state index contributed by atoms with van der Waals surface area (Å²) in [6.45, 7) is 3.45. The molecule has 5 nitrogen and oxygen atoms in total. The largest absolute Gasteiger partial charge is 0.336 e. The summed E-state index contributed by atoms with van der Waals surface area (Å²) in [5.74, 6) is 0.119. The third-order valence-corrected chi connectivity index (χ3v) is 4.62. The lowest BCUT2D eigenvalue weighted by molar-refractivity contribution is 0.0664. The zero-order chi connectivity index (χ0) is 16.5. The van der Waals surface area contributed by atoms with Crippen LogP contribution in [0.3, 0.4) is 0 Å². The topological polar surface area (TPSA) is 40.8 Å². The molecule has 1 aromatic carbocycles. The number of pyridine rings is 1. The van der Waals surface area contributed by atoms with Crippen molar-refractivity contribution in [2.45, 2.75) is 0 Å². The molecule has 0 N–H and O–H groups in total. The Morgan fingerprint density at radius 3 is 2.71 bits per heavy atom. The number of rotatable bonds is 2. The standard InChI is InChI=1S/C19H20N4O/c1-21-9-11-22(12-10-21)19(24)16-4-2-3-15(13-16)17-5-6-18-20-7-8-23(18)14-17/h2-8,13-14H,9-12H2,1H3. The van der Waals surface area contributed by atoms with Crippen LogP contribution >= 0.6 is 0 Å². The fraction of sp³-hybridized carbons (Fsp3) is 0.263. The van der Waals surface area contributed by atoms with Gasteiger partial charge < -0.3 is 14.2 Å². The van der Waals surface area contributed by atoms with Crippen molar-refractivity contribution in [3.8, 4) is 11.1 Å². The van der Waals surface area contributed by atoms with Crippen molar-refractivity contribution in [2.24, 2.45) is 0 Å². The number of amides is 1. The van der Waals surface area contributed by atoms with E-state index in [2.05, 4.69) is 16.9 Å². The summed E-state index contributed by atoms with van der Waals surface area (Å²) in [6.07, 6.45) is 5.76. The average Bonchev–Trinajstić information content (AvgIpc) is 3.09. The number of piperazine rings is 1. The normalized spacial score (nSPS) is 15.8. The highest BCUT2D eigenvalue weighted by atomic mass is 16.2. The fourth-order valence-corrected chi connectivity index (χ4v) is 3.11. The third-order valence-electron chi connectivity index (χ3n) is 4.62. The monoisotopic (exact) mass is 320 g/mol. The van der Waals surface area contributed by atoms with Gasteiger partial charge in [-0.2, -0.15) is 0 Å². The first-order valence-electron chi connectivity index (χ1n) is 8.22. The minimum Gasteiger partial charge on any atom is -0.336 e. The van der Waals surface area contributed by atoms with Crippen molar-refractivity contribution in [3.63, 3.8) is 0 Å². The van der Waals surface area contributed by atoms with Gasteiger partial charge >= 0.3 is 0 Å². The van der Waals surface area contributed by atoms with Gasteiger partial charge in [0, 0.05) is 50.3 Å². The number of hydrogen-bond acceptors (Lipinski definition) is 3. The quantitative estimate of drug-likeness (QED) is 0.728. The van der Waals surface area contributed by atoms with E-state index in [9.17, 15) is 4.79 Å². The summed E-state index contributed by atoms with van der Waals surface area (Å²) < 4.78 is 1.99. The molecule has 0 aliphatic carbocycles. The van der Waals surface area contributed by atoms with Crippen molar-refractivity contribution in [3.05, 3.63) is 60.6 Å². The Morgan fingerprint density at radius 2 is 1.88 bits per heavy atom. The number of benzene rings is 1. The molecule has 122 valence electrons. The molecule has 0 unspecified atom stereocenters. The van der Waals surface area contributed by atoms with E-state index in [0.29, 0.717) is 0 Å². The summed E-state index contributed by atoms with van der Waals surface area (Å²) in [6, 6.07) is 11.9. The Morgan fingerprint density at radius 1 is 1.04 bits per heavy atom. The fourth-order valence-electron chi connectivity index (χ4n) is 3.11. The van der Waals surface area contributed by atoms with Crippen molar-refractivity contribution in [1.82, 2.24) is 19.2 Å². The molecular weight excluding hydrogens is 300 g/mol. The van der Waals surface area contributed by atoms with Crippen LogP contribution in [-0.4, -0.2) is 58.3 Å². The molecule has 1 aliphatic heterocycles. The Kier molecular flexibility index (Phi) is 3.78. The number of hydrogen-bond donors (Lipinski definition) is 0. The molecule has 3 heterocycles. The third kappa shape index (κ3) is 2.78. The smallest absolute Gasteiger partial charge is 0.253 e. The number of fused-ring (bicyclic) bond motifs is 1. The van der Waals surface area contributed by atoms with E-state index in [-0.39, 0.29) is 5.91 Å². The molecule has 5 heteroatoms. The molecule has 3 aromatic rings.